The van der Waals surface area contributed by atoms with Crippen molar-refractivity contribution in [3.05, 3.63) is 54.1 Å². The van der Waals surface area contributed by atoms with Crippen molar-refractivity contribution >= 4 is 23.5 Å². The second kappa shape index (κ2) is 6.72. The maximum absolute atomic E-state index is 2.25. The normalized spacial score (nSPS) is 12.5. The summed E-state index contributed by atoms with van der Waals surface area (Å²) in [6, 6.07) is 17.8. The summed E-state index contributed by atoms with van der Waals surface area (Å²) < 4.78 is 0.261. The minimum absolute atomic E-state index is 0.217. The third kappa shape index (κ3) is 5.40. The summed E-state index contributed by atoms with van der Waals surface area (Å²) in [5.41, 5.74) is 1.60. The Hall–Kier alpha value is -0.860. The van der Waals surface area contributed by atoms with Crippen LogP contribution in [0.15, 0.2) is 63.2 Å². The predicted molar refractivity (Wildman–Crippen MR) is 101 cm³/mol. The Kier molecular flexibility index (Phi) is 5.34. The number of thioether (sulfide) groups is 1. The molecule has 0 N–H and O–H groups in total. The lowest BCUT2D eigenvalue weighted by molar-refractivity contribution is 0.590. The van der Waals surface area contributed by atoms with Crippen molar-refractivity contribution in [3.8, 4) is 0 Å². The van der Waals surface area contributed by atoms with Crippen LogP contribution >= 0.6 is 23.5 Å². The first-order valence-corrected chi connectivity index (χ1v) is 9.34. The Labute approximate surface area is 144 Å². The van der Waals surface area contributed by atoms with Crippen LogP contribution in [0.4, 0.5) is 0 Å². The molecule has 0 amide bonds. The van der Waals surface area contributed by atoms with E-state index in [4.69, 9.17) is 0 Å². The summed E-state index contributed by atoms with van der Waals surface area (Å²) in [4.78, 5) is 3.92. The monoisotopic (exact) mass is 330 g/mol. The maximum atomic E-state index is 2.25. The van der Waals surface area contributed by atoms with Crippen molar-refractivity contribution in [1.82, 2.24) is 0 Å². The largest absolute Gasteiger partial charge is 0.120 e. The van der Waals surface area contributed by atoms with Crippen molar-refractivity contribution < 1.29 is 0 Å². The van der Waals surface area contributed by atoms with Gasteiger partial charge in [0.15, 0.2) is 0 Å². The molecule has 0 radical (unpaired) electrons. The molecule has 2 rings (SSSR count). The summed E-state index contributed by atoms with van der Waals surface area (Å²) >= 11 is 3.74. The van der Waals surface area contributed by atoms with E-state index >= 15 is 0 Å². The zero-order valence-electron chi connectivity index (χ0n) is 14.4. The molecule has 0 atom stereocenters. The van der Waals surface area contributed by atoms with Crippen LogP contribution in [-0.2, 0) is 5.41 Å². The standard InChI is InChI=1S/C20H26S2/c1-19(2,3)15-7-9-16(10-8-15)21-17-11-13-18(14-12-17)22-20(4,5)6/h7-14H,1-6H3. The van der Waals surface area contributed by atoms with E-state index in [1.165, 1.54) is 20.2 Å². The third-order valence-corrected chi connectivity index (χ3v) is 5.34. The van der Waals surface area contributed by atoms with Crippen LogP contribution in [0.3, 0.4) is 0 Å². The first kappa shape index (κ1) is 17.5. The fourth-order valence-corrected chi connectivity index (χ4v) is 3.88. The molecule has 0 fully saturated rings. The van der Waals surface area contributed by atoms with E-state index in [-0.39, 0.29) is 10.2 Å². The molecule has 0 heterocycles. The molecule has 2 aromatic rings. The Balaban J connectivity index is 2.05. The first-order valence-electron chi connectivity index (χ1n) is 7.71. The van der Waals surface area contributed by atoms with Gasteiger partial charge in [0.2, 0.25) is 0 Å². The molecule has 0 nitrogen and oxygen atoms in total. The molecule has 0 aliphatic heterocycles. The van der Waals surface area contributed by atoms with Crippen molar-refractivity contribution in [1.29, 1.82) is 0 Å². The average Bonchev–Trinajstić information content (AvgIpc) is 2.39. The van der Waals surface area contributed by atoms with E-state index < -0.39 is 0 Å². The average molecular weight is 331 g/mol. The van der Waals surface area contributed by atoms with Crippen molar-refractivity contribution in [3.63, 3.8) is 0 Å². The van der Waals surface area contributed by atoms with Gasteiger partial charge in [-0.05, 0) is 47.4 Å². The van der Waals surface area contributed by atoms with Gasteiger partial charge in [0, 0.05) is 19.4 Å². The highest BCUT2D eigenvalue weighted by atomic mass is 32.2. The molecule has 0 aliphatic rings. The third-order valence-electron chi connectivity index (χ3n) is 3.20. The zero-order chi connectivity index (χ0) is 16.4. The number of hydrogen-bond donors (Lipinski definition) is 0. The van der Waals surface area contributed by atoms with Gasteiger partial charge < -0.3 is 0 Å². The van der Waals surface area contributed by atoms with Crippen LogP contribution in [0.1, 0.15) is 47.1 Å². The van der Waals surface area contributed by atoms with Crippen molar-refractivity contribution in [2.45, 2.75) is 66.4 Å². The summed E-state index contributed by atoms with van der Waals surface area (Å²) in [6.07, 6.45) is 0. The van der Waals surface area contributed by atoms with Crippen molar-refractivity contribution in [2.24, 2.45) is 0 Å². The predicted octanol–water partition coefficient (Wildman–Crippen LogP) is 7.03. The lowest BCUT2D eigenvalue weighted by Gasteiger charge is -2.19. The van der Waals surface area contributed by atoms with Gasteiger partial charge in [0.05, 0.1) is 0 Å². The molecule has 2 aromatic carbocycles. The van der Waals surface area contributed by atoms with E-state index in [2.05, 4.69) is 90.1 Å². The fraction of sp³-hybridized carbons (Fsp3) is 0.400. The molecule has 2 heteroatoms. The van der Waals surface area contributed by atoms with E-state index in [0.717, 1.165) is 0 Å². The quantitative estimate of drug-likeness (QED) is 0.554. The first-order chi connectivity index (χ1) is 10.1. The SMILES string of the molecule is CC(C)(C)Sc1ccc(Sc2ccc(C(C)(C)C)cc2)cc1. The van der Waals surface area contributed by atoms with Gasteiger partial charge >= 0.3 is 0 Å². The Bertz CT molecular complexity index is 596. The number of hydrogen-bond acceptors (Lipinski definition) is 2. The molecule has 0 spiro atoms. The minimum atomic E-state index is 0.217. The highest BCUT2D eigenvalue weighted by molar-refractivity contribution is 8.00. The molecule has 0 unspecified atom stereocenters. The lowest BCUT2D eigenvalue weighted by Crippen LogP contribution is -2.10. The van der Waals surface area contributed by atoms with E-state index in [1.807, 2.05) is 23.5 Å². The van der Waals surface area contributed by atoms with Crippen LogP contribution in [0.25, 0.3) is 0 Å². The van der Waals surface area contributed by atoms with Gasteiger partial charge in [-0.1, -0.05) is 65.4 Å². The second-order valence-electron chi connectivity index (χ2n) is 7.56. The van der Waals surface area contributed by atoms with Crippen LogP contribution < -0.4 is 0 Å². The second-order valence-corrected chi connectivity index (χ2v) is 10.6. The fourth-order valence-electron chi connectivity index (χ4n) is 2.09. The van der Waals surface area contributed by atoms with Gasteiger partial charge in [0.1, 0.15) is 0 Å². The summed E-state index contributed by atoms with van der Waals surface area (Å²) in [5, 5.41) is 0. The minimum Gasteiger partial charge on any atom is -0.120 e. The molecule has 0 aromatic heterocycles. The molecule has 0 bridgehead atoms. The molecule has 0 aliphatic carbocycles. The van der Waals surface area contributed by atoms with Gasteiger partial charge in [0.25, 0.3) is 0 Å². The van der Waals surface area contributed by atoms with Gasteiger partial charge in [-0.3, -0.25) is 0 Å². The van der Waals surface area contributed by atoms with Crippen molar-refractivity contribution in [2.75, 3.05) is 0 Å². The molecule has 118 valence electrons. The smallest absolute Gasteiger partial charge is 0.0123 e. The topological polar surface area (TPSA) is 0 Å². The van der Waals surface area contributed by atoms with Gasteiger partial charge in [-0.25, -0.2) is 0 Å². The van der Waals surface area contributed by atoms with Gasteiger partial charge in [-0.15, -0.1) is 11.8 Å². The van der Waals surface area contributed by atoms with Crippen LogP contribution in [-0.4, -0.2) is 4.75 Å². The van der Waals surface area contributed by atoms with E-state index in [1.54, 1.807) is 0 Å². The molecule has 0 saturated carbocycles. The number of benzene rings is 2. The summed E-state index contributed by atoms with van der Waals surface area (Å²) in [7, 11) is 0. The molecule has 0 saturated heterocycles. The summed E-state index contributed by atoms with van der Waals surface area (Å²) in [5.74, 6) is 0. The van der Waals surface area contributed by atoms with E-state index in [0.29, 0.717) is 0 Å². The number of rotatable bonds is 3. The van der Waals surface area contributed by atoms with Crippen LogP contribution in [0, 0.1) is 0 Å². The molecular weight excluding hydrogens is 304 g/mol. The lowest BCUT2D eigenvalue weighted by atomic mass is 9.87. The van der Waals surface area contributed by atoms with Crippen LogP contribution in [0.2, 0.25) is 0 Å². The Morgan fingerprint density at radius 2 is 1.00 bits per heavy atom. The van der Waals surface area contributed by atoms with Crippen LogP contribution in [0.5, 0.6) is 0 Å². The van der Waals surface area contributed by atoms with Gasteiger partial charge in [-0.2, -0.15) is 0 Å². The highest BCUT2D eigenvalue weighted by Gasteiger charge is 2.13. The zero-order valence-corrected chi connectivity index (χ0v) is 16.1. The van der Waals surface area contributed by atoms with E-state index in [9.17, 15) is 0 Å². The Morgan fingerprint density at radius 1 is 0.591 bits per heavy atom. The molecule has 22 heavy (non-hydrogen) atoms. The highest BCUT2D eigenvalue weighted by Crippen LogP contribution is 2.35. The maximum Gasteiger partial charge on any atom is 0.0123 e. The molecular formula is C20H26S2. The summed E-state index contributed by atoms with van der Waals surface area (Å²) in [6.45, 7) is 13.5. The Morgan fingerprint density at radius 3 is 1.41 bits per heavy atom.